The third-order valence-corrected chi connectivity index (χ3v) is 5.44. The zero-order chi connectivity index (χ0) is 16.2. The molecule has 3 aromatic rings. The second-order valence-electron chi connectivity index (χ2n) is 6.11. The van der Waals surface area contributed by atoms with E-state index in [2.05, 4.69) is 31.2 Å². The van der Waals surface area contributed by atoms with E-state index in [-0.39, 0.29) is 0 Å². The van der Waals surface area contributed by atoms with Crippen LogP contribution in [0.15, 0.2) is 36.7 Å². The van der Waals surface area contributed by atoms with E-state index in [0.29, 0.717) is 5.95 Å². The molecule has 0 amide bonds. The van der Waals surface area contributed by atoms with E-state index in [1.165, 1.54) is 37.1 Å². The van der Waals surface area contributed by atoms with Gasteiger partial charge in [0.05, 0.1) is 10.2 Å². The first kappa shape index (κ1) is 15.5. The SMILES string of the molecule is c1ccc2sc(-c3cnc(NCCN4CCCCC4)nc3)nc2c1. The molecule has 1 aromatic carbocycles. The van der Waals surface area contributed by atoms with Gasteiger partial charge in [-0.2, -0.15) is 0 Å². The van der Waals surface area contributed by atoms with Gasteiger partial charge in [0.1, 0.15) is 5.01 Å². The Labute approximate surface area is 145 Å². The van der Waals surface area contributed by atoms with Crippen LogP contribution in [0.5, 0.6) is 0 Å². The van der Waals surface area contributed by atoms with Crippen LogP contribution < -0.4 is 5.32 Å². The number of piperidine rings is 1. The molecule has 6 heteroatoms. The van der Waals surface area contributed by atoms with E-state index in [4.69, 9.17) is 0 Å². The van der Waals surface area contributed by atoms with E-state index in [1.807, 2.05) is 30.6 Å². The summed E-state index contributed by atoms with van der Waals surface area (Å²) in [4.78, 5) is 16.0. The van der Waals surface area contributed by atoms with Gasteiger partial charge in [0.2, 0.25) is 5.95 Å². The molecule has 0 bridgehead atoms. The van der Waals surface area contributed by atoms with Crippen LogP contribution in [0, 0.1) is 0 Å². The summed E-state index contributed by atoms with van der Waals surface area (Å²) in [7, 11) is 0. The molecule has 1 fully saturated rings. The fourth-order valence-corrected chi connectivity index (χ4v) is 3.97. The highest BCUT2D eigenvalue weighted by Crippen LogP contribution is 2.29. The van der Waals surface area contributed by atoms with Crippen molar-refractivity contribution in [3.8, 4) is 10.6 Å². The number of benzene rings is 1. The molecule has 1 aliphatic heterocycles. The lowest BCUT2D eigenvalue weighted by Crippen LogP contribution is -2.33. The Morgan fingerprint density at radius 2 is 1.83 bits per heavy atom. The summed E-state index contributed by atoms with van der Waals surface area (Å²) in [5.74, 6) is 0.692. The Kier molecular flexibility index (Phi) is 4.66. The Balaban J connectivity index is 1.37. The van der Waals surface area contributed by atoms with Gasteiger partial charge < -0.3 is 10.2 Å². The monoisotopic (exact) mass is 339 g/mol. The minimum Gasteiger partial charge on any atom is -0.353 e. The van der Waals surface area contributed by atoms with Crippen LogP contribution in [-0.2, 0) is 0 Å². The lowest BCUT2D eigenvalue weighted by Gasteiger charge is -2.26. The van der Waals surface area contributed by atoms with Crippen molar-refractivity contribution in [2.45, 2.75) is 19.3 Å². The summed E-state index contributed by atoms with van der Waals surface area (Å²) in [5, 5.41) is 4.28. The third kappa shape index (κ3) is 3.55. The second kappa shape index (κ2) is 7.23. The van der Waals surface area contributed by atoms with Crippen LogP contribution in [0.4, 0.5) is 5.95 Å². The quantitative estimate of drug-likeness (QED) is 0.769. The maximum absolute atomic E-state index is 4.65. The topological polar surface area (TPSA) is 53.9 Å². The first-order chi connectivity index (χ1) is 11.9. The number of rotatable bonds is 5. The van der Waals surface area contributed by atoms with E-state index in [1.54, 1.807) is 11.3 Å². The molecule has 5 nitrogen and oxygen atoms in total. The number of anilines is 1. The van der Waals surface area contributed by atoms with Crippen LogP contribution in [0.1, 0.15) is 19.3 Å². The van der Waals surface area contributed by atoms with Crippen molar-refractivity contribution >= 4 is 27.5 Å². The van der Waals surface area contributed by atoms with Gasteiger partial charge in [-0.05, 0) is 38.1 Å². The molecule has 0 radical (unpaired) electrons. The minimum atomic E-state index is 0.692. The molecule has 0 saturated carbocycles. The molecule has 0 spiro atoms. The number of hydrogen-bond acceptors (Lipinski definition) is 6. The molecule has 4 rings (SSSR count). The van der Waals surface area contributed by atoms with Crippen molar-refractivity contribution in [1.29, 1.82) is 0 Å². The normalized spacial score (nSPS) is 15.7. The molecule has 0 unspecified atom stereocenters. The average molecular weight is 339 g/mol. The Hall–Kier alpha value is -2.05. The number of hydrogen-bond donors (Lipinski definition) is 1. The van der Waals surface area contributed by atoms with Gasteiger partial charge in [-0.1, -0.05) is 18.6 Å². The molecule has 0 aliphatic carbocycles. The van der Waals surface area contributed by atoms with E-state index >= 15 is 0 Å². The van der Waals surface area contributed by atoms with Gasteiger partial charge in [0, 0.05) is 31.0 Å². The zero-order valence-electron chi connectivity index (χ0n) is 13.6. The number of fused-ring (bicyclic) bond motifs is 1. The van der Waals surface area contributed by atoms with Crippen molar-refractivity contribution in [2.75, 3.05) is 31.5 Å². The first-order valence-corrected chi connectivity index (χ1v) is 9.34. The summed E-state index contributed by atoms with van der Waals surface area (Å²) in [6.45, 7) is 4.39. The van der Waals surface area contributed by atoms with E-state index < -0.39 is 0 Å². The fraction of sp³-hybridized carbons (Fsp3) is 0.389. The highest BCUT2D eigenvalue weighted by atomic mass is 32.1. The van der Waals surface area contributed by atoms with E-state index in [9.17, 15) is 0 Å². The minimum absolute atomic E-state index is 0.692. The van der Waals surface area contributed by atoms with Gasteiger partial charge in [-0.3, -0.25) is 0 Å². The van der Waals surface area contributed by atoms with Gasteiger partial charge >= 0.3 is 0 Å². The highest BCUT2D eigenvalue weighted by molar-refractivity contribution is 7.21. The van der Waals surface area contributed by atoms with Crippen LogP contribution in [0.3, 0.4) is 0 Å². The number of nitrogens with one attached hydrogen (secondary N) is 1. The molecule has 1 saturated heterocycles. The molecular weight excluding hydrogens is 318 g/mol. The van der Waals surface area contributed by atoms with Crippen LogP contribution in [-0.4, -0.2) is 46.0 Å². The number of para-hydroxylation sites is 1. The molecule has 2 aromatic heterocycles. The van der Waals surface area contributed by atoms with E-state index in [0.717, 1.165) is 29.2 Å². The van der Waals surface area contributed by atoms with Crippen LogP contribution >= 0.6 is 11.3 Å². The second-order valence-corrected chi connectivity index (χ2v) is 7.14. The standard InChI is InChI=1S/C18H21N5S/c1-4-9-23(10-5-1)11-8-19-18-20-12-14(13-21-18)17-22-15-6-2-3-7-16(15)24-17/h2-3,6-7,12-13H,1,4-5,8-11H2,(H,19,20,21). The summed E-state index contributed by atoms with van der Waals surface area (Å²) in [5.41, 5.74) is 2.00. The number of thiazole rings is 1. The number of nitrogens with zero attached hydrogens (tertiary/aromatic N) is 4. The Morgan fingerprint density at radius 1 is 1.04 bits per heavy atom. The van der Waals surface area contributed by atoms with Gasteiger partial charge in [-0.15, -0.1) is 11.3 Å². The fourth-order valence-electron chi connectivity index (χ4n) is 3.03. The predicted octanol–water partition coefficient (Wildman–Crippen LogP) is 3.65. The summed E-state index contributed by atoms with van der Waals surface area (Å²) in [6.07, 6.45) is 7.74. The maximum Gasteiger partial charge on any atom is 0.222 e. The van der Waals surface area contributed by atoms with Crippen molar-refractivity contribution in [1.82, 2.24) is 19.9 Å². The van der Waals surface area contributed by atoms with Gasteiger partial charge in [0.15, 0.2) is 0 Å². The largest absolute Gasteiger partial charge is 0.353 e. The van der Waals surface area contributed by atoms with Crippen LogP contribution in [0.2, 0.25) is 0 Å². The molecular formula is C18H21N5S. The number of aromatic nitrogens is 3. The predicted molar refractivity (Wildman–Crippen MR) is 99.4 cm³/mol. The van der Waals surface area contributed by atoms with Gasteiger partial charge in [0.25, 0.3) is 0 Å². The Morgan fingerprint density at radius 3 is 2.62 bits per heavy atom. The number of likely N-dealkylation sites (tertiary alicyclic amines) is 1. The van der Waals surface area contributed by atoms with Crippen molar-refractivity contribution in [3.05, 3.63) is 36.7 Å². The first-order valence-electron chi connectivity index (χ1n) is 8.53. The molecule has 124 valence electrons. The van der Waals surface area contributed by atoms with Gasteiger partial charge in [-0.25, -0.2) is 15.0 Å². The molecule has 3 heterocycles. The highest BCUT2D eigenvalue weighted by Gasteiger charge is 2.10. The summed E-state index contributed by atoms with van der Waals surface area (Å²) < 4.78 is 1.19. The lowest BCUT2D eigenvalue weighted by atomic mass is 10.1. The maximum atomic E-state index is 4.65. The summed E-state index contributed by atoms with van der Waals surface area (Å²) >= 11 is 1.67. The smallest absolute Gasteiger partial charge is 0.222 e. The molecule has 0 atom stereocenters. The molecule has 1 N–H and O–H groups in total. The molecule has 24 heavy (non-hydrogen) atoms. The zero-order valence-corrected chi connectivity index (χ0v) is 14.4. The Bertz CT molecular complexity index is 760. The van der Waals surface area contributed by atoms with Crippen LogP contribution in [0.25, 0.3) is 20.8 Å². The third-order valence-electron chi connectivity index (χ3n) is 4.35. The average Bonchev–Trinajstić information content (AvgIpc) is 3.07. The lowest BCUT2D eigenvalue weighted by molar-refractivity contribution is 0.237. The van der Waals surface area contributed by atoms with Crippen molar-refractivity contribution < 1.29 is 0 Å². The van der Waals surface area contributed by atoms with Crippen molar-refractivity contribution in [3.63, 3.8) is 0 Å². The molecule has 1 aliphatic rings. The summed E-state index contributed by atoms with van der Waals surface area (Å²) in [6, 6.07) is 8.18. The van der Waals surface area contributed by atoms with Crippen molar-refractivity contribution in [2.24, 2.45) is 0 Å².